The van der Waals surface area contributed by atoms with Gasteiger partial charge in [-0.3, -0.25) is 0 Å². The number of nitrogens with zero attached hydrogens (tertiary/aromatic N) is 1. The van der Waals surface area contributed by atoms with Crippen molar-refractivity contribution in [3.8, 4) is 0 Å². The van der Waals surface area contributed by atoms with Crippen LogP contribution in [0.15, 0.2) is 12.2 Å². The summed E-state index contributed by atoms with van der Waals surface area (Å²) in [5.41, 5.74) is 0.562. The molecule has 0 bridgehead atoms. The van der Waals surface area contributed by atoms with Gasteiger partial charge in [0.25, 0.3) is 0 Å². The van der Waals surface area contributed by atoms with Crippen LogP contribution in [0.1, 0.15) is 48.5 Å². The lowest BCUT2D eigenvalue weighted by atomic mass is 10.1. The molecule has 0 aliphatic rings. The van der Waals surface area contributed by atoms with Crippen LogP contribution in [0.4, 0.5) is 0 Å². The molecule has 0 aromatic carbocycles. The Hall–Kier alpha value is -0.830. The van der Waals surface area contributed by atoms with Gasteiger partial charge in [-0.05, 0) is 34.6 Å². The first-order valence-corrected chi connectivity index (χ1v) is 6.94. The number of hydrogen-bond acceptors (Lipinski definition) is 2. The van der Waals surface area contributed by atoms with E-state index in [-0.39, 0.29) is 5.97 Å². The van der Waals surface area contributed by atoms with E-state index in [9.17, 15) is 4.79 Å². The van der Waals surface area contributed by atoms with Crippen molar-refractivity contribution < 1.29 is 14.0 Å². The van der Waals surface area contributed by atoms with Crippen molar-refractivity contribution in [1.29, 1.82) is 0 Å². The van der Waals surface area contributed by atoms with Crippen molar-refractivity contribution in [1.82, 2.24) is 0 Å². The summed E-state index contributed by atoms with van der Waals surface area (Å²) in [7, 11) is 1.40. The summed E-state index contributed by atoms with van der Waals surface area (Å²) in [6, 6.07) is 0.929. The van der Waals surface area contributed by atoms with Crippen LogP contribution in [-0.4, -0.2) is 42.7 Å². The Labute approximate surface area is 113 Å². The number of likely N-dealkylation sites (N-methyl/N-ethyl adjacent to an activating group) is 1. The second kappa shape index (κ2) is 9.15. The Morgan fingerprint density at radius 2 is 1.56 bits per heavy atom. The summed E-state index contributed by atoms with van der Waals surface area (Å²) >= 11 is 0. The van der Waals surface area contributed by atoms with Crippen LogP contribution < -0.4 is 0 Å². The van der Waals surface area contributed by atoms with Gasteiger partial charge in [-0.15, -0.1) is 0 Å². The summed E-state index contributed by atoms with van der Waals surface area (Å²) in [5, 5.41) is 0. The van der Waals surface area contributed by atoms with Crippen LogP contribution >= 0.6 is 0 Å². The molecule has 0 aliphatic carbocycles. The first kappa shape index (κ1) is 19.5. The molecule has 3 heteroatoms. The van der Waals surface area contributed by atoms with Gasteiger partial charge in [-0.25, -0.2) is 4.79 Å². The molecule has 0 saturated carbocycles. The molecule has 0 aliphatic heterocycles. The molecular formula is C15H32NO2+. The summed E-state index contributed by atoms with van der Waals surface area (Å²) in [4.78, 5) is 11.4. The van der Waals surface area contributed by atoms with Gasteiger partial charge in [0.15, 0.2) is 0 Å². The van der Waals surface area contributed by atoms with E-state index >= 15 is 0 Å². The highest BCUT2D eigenvalue weighted by atomic mass is 16.5. The standard InChI is InChI=1S/C13H26NO2.C2H6/c1-8-14(10(2)3,11(4)5)9-12(6)13(15)16-7;1-2/h10-11H,6,8-9H2,1-5,7H3;1-2H3/q+1;. The molecule has 108 valence electrons. The van der Waals surface area contributed by atoms with Gasteiger partial charge >= 0.3 is 5.97 Å². The summed E-state index contributed by atoms with van der Waals surface area (Å²) < 4.78 is 5.58. The zero-order valence-corrected chi connectivity index (χ0v) is 13.5. The minimum absolute atomic E-state index is 0.294. The van der Waals surface area contributed by atoms with Gasteiger partial charge in [-0.2, -0.15) is 0 Å². The summed E-state index contributed by atoms with van der Waals surface area (Å²) in [6.45, 7) is 20.4. The van der Waals surface area contributed by atoms with E-state index in [1.54, 1.807) is 0 Å². The Kier molecular flexibility index (Phi) is 9.91. The molecule has 0 radical (unpaired) electrons. The first-order chi connectivity index (χ1) is 8.31. The van der Waals surface area contributed by atoms with E-state index in [2.05, 4.69) is 41.2 Å². The zero-order chi connectivity index (χ0) is 14.9. The van der Waals surface area contributed by atoms with E-state index < -0.39 is 0 Å². The molecule has 3 nitrogen and oxygen atoms in total. The first-order valence-electron chi connectivity index (χ1n) is 6.94. The SMILES string of the molecule is C=C(C[N+](CC)(C(C)C)C(C)C)C(=O)OC.CC. The lowest BCUT2D eigenvalue weighted by Gasteiger charge is -2.45. The molecular weight excluding hydrogens is 226 g/mol. The van der Waals surface area contributed by atoms with Crippen LogP contribution in [-0.2, 0) is 9.53 Å². The normalized spacial score (nSPS) is 11.0. The molecule has 0 fully saturated rings. The van der Waals surface area contributed by atoms with E-state index in [0.717, 1.165) is 11.0 Å². The van der Waals surface area contributed by atoms with E-state index in [0.29, 0.717) is 24.2 Å². The van der Waals surface area contributed by atoms with Gasteiger partial charge in [0.05, 0.1) is 31.3 Å². The largest absolute Gasteiger partial charge is 0.466 e. The third-order valence-electron chi connectivity index (χ3n) is 3.60. The third kappa shape index (κ3) is 4.81. The Balaban J connectivity index is 0. The van der Waals surface area contributed by atoms with Crippen LogP contribution in [0, 0.1) is 0 Å². The highest BCUT2D eigenvalue weighted by Crippen LogP contribution is 2.21. The predicted octanol–water partition coefficient (Wildman–Crippen LogP) is 3.40. The van der Waals surface area contributed by atoms with Crippen molar-refractivity contribution in [2.24, 2.45) is 0 Å². The van der Waals surface area contributed by atoms with Crippen molar-refractivity contribution in [3.63, 3.8) is 0 Å². The van der Waals surface area contributed by atoms with Crippen molar-refractivity contribution in [2.45, 2.75) is 60.5 Å². The molecule has 0 aromatic rings. The molecule has 0 rings (SSSR count). The van der Waals surface area contributed by atoms with Crippen LogP contribution in [0.2, 0.25) is 0 Å². The second-order valence-corrected chi connectivity index (χ2v) is 4.86. The summed E-state index contributed by atoms with van der Waals surface area (Å²) in [6.07, 6.45) is 0. The fraction of sp³-hybridized carbons (Fsp3) is 0.800. The van der Waals surface area contributed by atoms with Gasteiger partial charge in [0.1, 0.15) is 6.54 Å². The lowest BCUT2D eigenvalue weighted by Crippen LogP contribution is -2.58. The van der Waals surface area contributed by atoms with Crippen LogP contribution in [0.3, 0.4) is 0 Å². The van der Waals surface area contributed by atoms with Gasteiger partial charge < -0.3 is 9.22 Å². The molecule has 0 heterocycles. The fourth-order valence-corrected chi connectivity index (χ4v) is 2.37. The highest BCUT2D eigenvalue weighted by molar-refractivity contribution is 5.87. The number of hydrogen-bond donors (Lipinski definition) is 0. The average molecular weight is 258 g/mol. The van der Waals surface area contributed by atoms with Crippen molar-refractivity contribution in [3.05, 3.63) is 12.2 Å². The Morgan fingerprint density at radius 1 is 1.17 bits per heavy atom. The number of quaternary nitrogens is 1. The van der Waals surface area contributed by atoms with E-state index in [1.807, 2.05) is 13.8 Å². The molecule has 0 saturated heterocycles. The van der Waals surface area contributed by atoms with E-state index in [1.165, 1.54) is 7.11 Å². The predicted molar refractivity (Wildman–Crippen MR) is 78.4 cm³/mol. The van der Waals surface area contributed by atoms with Crippen LogP contribution in [0.25, 0.3) is 0 Å². The maximum Gasteiger partial charge on any atom is 0.338 e. The minimum Gasteiger partial charge on any atom is -0.466 e. The maximum absolute atomic E-state index is 11.4. The molecule has 0 N–H and O–H groups in total. The number of esters is 1. The Morgan fingerprint density at radius 3 is 1.78 bits per heavy atom. The van der Waals surface area contributed by atoms with Crippen LogP contribution in [0.5, 0.6) is 0 Å². The number of carbonyl (C=O) groups excluding carboxylic acids is 1. The van der Waals surface area contributed by atoms with E-state index in [4.69, 9.17) is 4.74 Å². The third-order valence-corrected chi connectivity index (χ3v) is 3.60. The smallest absolute Gasteiger partial charge is 0.338 e. The quantitative estimate of drug-likeness (QED) is 0.415. The average Bonchev–Trinajstić information content (AvgIpc) is 2.36. The molecule has 0 atom stereocenters. The summed E-state index contributed by atoms with van der Waals surface area (Å²) in [5.74, 6) is -0.294. The number of rotatable bonds is 6. The fourth-order valence-electron chi connectivity index (χ4n) is 2.37. The lowest BCUT2D eigenvalue weighted by molar-refractivity contribution is -0.960. The molecule has 18 heavy (non-hydrogen) atoms. The maximum atomic E-state index is 11.4. The van der Waals surface area contributed by atoms with Crippen molar-refractivity contribution in [2.75, 3.05) is 20.2 Å². The minimum atomic E-state index is -0.294. The van der Waals surface area contributed by atoms with Gasteiger partial charge in [-0.1, -0.05) is 20.4 Å². The monoisotopic (exact) mass is 258 g/mol. The molecule has 0 spiro atoms. The second-order valence-electron chi connectivity index (χ2n) is 4.86. The molecule has 0 unspecified atom stereocenters. The zero-order valence-electron chi connectivity index (χ0n) is 13.5. The number of methoxy groups -OCH3 is 1. The van der Waals surface area contributed by atoms with Gasteiger partial charge in [0, 0.05) is 0 Å². The highest BCUT2D eigenvalue weighted by Gasteiger charge is 2.34. The van der Waals surface area contributed by atoms with Gasteiger partial charge in [0.2, 0.25) is 0 Å². The van der Waals surface area contributed by atoms with Crippen molar-refractivity contribution >= 4 is 5.97 Å². The topological polar surface area (TPSA) is 26.3 Å². The number of ether oxygens (including phenoxy) is 1. The number of carbonyl (C=O) groups is 1. The molecule has 0 amide bonds. The Bertz CT molecular complexity index is 249. The molecule has 0 aromatic heterocycles.